The standard InChI is InChI=1S/C21H22N2O2S/c1-2-3-12-25-19-11-7-10-17(13-19)20(24)22-14-18-15-26-21(23-18)16-8-5-4-6-9-16/h4-11,13,15H,2-3,12,14H2,1H3,(H,22,24). The van der Waals surface area contributed by atoms with Crippen LogP contribution in [0.15, 0.2) is 60.0 Å². The molecule has 26 heavy (non-hydrogen) atoms. The predicted octanol–water partition coefficient (Wildman–Crippen LogP) is 4.92. The molecule has 0 aliphatic carbocycles. The lowest BCUT2D eigenvalue weighted by molar-refractivity contribution is 0.0950. The zero-order valence-electron chi connectivity index (χ0n) is 14.8. The van der Waals surface area contributed by atoms with Gasteiger partial charge in [-0.25, -0.2) is 4.98 Å². The van der Waals surface area contributed by atoms with Crippen LogP contribution in [0.4, 0.5) is 0 Å². The SMILES string of the molecule is CCCCOc1cccc(C(=O)NCc2csc(-c3ccccc3)n2)c1. The molecular weight excluding hydrogens is 344 g/mol. The maximum Gasteiger partial charge on any atom is 0.251 e. The molecule has 0 radical (unpaired) electrons. The molecule has 5 heteroatoms. The number of amides is 1. The molecule has 0 aliphatic heterocycles. The molecule has 4 nitrogen and oxygen atoms in total. The van der Waals surface area contributed by atoms with Crippen LogP contribution in [0.2, 0.25) is 0 Å². The summed E-state index contributed by atoms with van der Waals surface area (Å²) in [5, 5.41) is 5.86. The van der Waals surface area contributed by atoms with Gasteiger partial charge in [0, 0.05) is 16.5 Å². The average Bonchev–Trinajstić information content (AvgIpc) is 3.16. The third kappa shape index (κ3) is 4.92. The monoisotopic (exact) mass is 366 g/mol. The van der Waals surface area contributed by atoms with Crippen molar-refractivity contribution in [1.29, 1.82) is 0 Å². The molecule has 1 heterocycles. The van der Waals surface area contributed by atoms with E-state index in [-0.39, 0.29) is 5.91 Å². The summed E-state index contributed by atoms with van der Waals surface area (Å²) in [7, 11) is 0. The summed E-state index contributed by atoms with van der Waals surface area (Å²) in [5.74, 6) is 0.603. The Bertz CT molecular complexity index is 846. The van der Waals surface area contributed by atoms with Crippen molar-refractivity contribution in [3.05, 3.63) is 71.2 Å². The minimum Gasteiger partial charge on any atom is -0.494 e. The Hall–Kier alpha value is -2.66. The third-order valence-corrected chi connectivity index (χ3v) is 4.81. The zero-order chi connectivity index (χ0) is 18.2. The van der Waals surface area contributed by atoms with Crippen molar-refractivity contribution in [1.82, 2.24) is 10.3 Å². The van der Waals surface area contributed by atoms with Crippen molar-refractivity contribution < 1.29 is 9.53 Å². The molecule has 0 saturated heterocycles. The molecule has 2 aromatic carbocycles. The number of unbranched alkanes of at least 4 members (excludes halogenated alkanes) is 1. The van der Waals surface area contributed by atoms with Gasteiger partial charge in [-0.1, -0.05) is 49.7 Å². The second-order valence-electron chi connectivity index (χ2n) is 5.92. The first-order chi connectivity index (χ1) is 12.8. The molecule has 1 aromatic heterocycles. The van der Waals surface area contributed by atoms with Gasteiger partial charge in [-0.05, 0) is 24.6 Å². The zero-order valence-corrected chi connectivity index (χ0v) is 15.6. The van der Waals surface area contributed by atoms with Gasteiger partial charge in [0.1, 0.15) is 10.8 Å². The Kier molecular flexibility index (Phi) is 6.39. The first-order valence-electron chi connectivity index (χ1n) is 8.77. The number of carbonyl (C=O) groups excluding carboxylic acids is 1. The van der Waals surface area contributed by atoms with E-state index in [0.29, 0.717) is 18.7 Å². The fraction of sp³-hybridized carbons (Fsp3) is 0.238. The van der Waals surface area contributed by atoms with E-state index in [1.165, 1.54) is 0 Å². The maximum atomic E-state index is 12.4. The fourth-order valence-electron chi connectivity index (χ4n) is 2.44. The number of ether oxygens (including phenoxy) is 1. The number of benzene rings is 2. The highest BCUT2D eigenvalue weighted by Crippen LogP contribution is 2.23. The normalized spacial score (nSPS) is 10.5. The molecule has 0 fully saturated rings. The largest absolute Gasteiger partial charge is 0.494 e. The molecule has 0 aliphatic rings. The first-order valence-corrected chi connectivity index (χ1v) is 9.65. The molecule has 0 saturated carbocycles. The van der Waals surface area contributed by atoms with Crippen LogP contribution < -0.4 is 10.1 Å². The second-order valence-corrected chi connectivity index (χ2v) is 6.78. The highest BCUT2D eigenvalue weighted by atomic mass is 32.1. The van der Waals surface area contributed by atoms with Crippen molar-refractivity contribution in [3.8, 4) is 16.3 Å². The van der Waals surface area contributed by atoms with Crippen molar-refractivity contribution in [3.63, 3.8) is 0 Å². The fourth-order valence-corrected chi connectivity index (χ4v) is 3.26. The number of thiazole rings is 1. The van der Waals surface area contributed by atoms with Crippen LogP contribution in [0.5, 0.6) is 5.75 Å². The number of nitrogens with one attached hydrogen (secondary N) is 1. The van der Waals surface area contributed by atoms with E-state index in [4.69, 9.17) is 4.74 Å². The molecule has 1 amide bonds. The topological polar surface area (TPSA) is 51.2 Å². The van der Waals surface area contributed by atoms with Crippen LogP contribution in [0.1, 0.15) is 35.8 Å². The van der Waals surface area contributed by atoms with Crippen molar-refractivity contribution in [2.24, 2.45) is 0 Å². The maximum absolute atomic E-state index is 12.4. The molecule has 3 rings (SSSR count). The van der Waals surface area contributed by atoms with Crippen LogP contribution in [0, 0.1) is 0 Å². The van der Waals surface area contributed by atoms with Gasteiger partial charge >= 0.3 is 0 Å². The summed E-state index contributed by atoms with van der Waals surface area (Å²) in [6.07, 6.45) is 2.09. The Morgan fingerprint density at radius 2 is 2.00 bits per heavy atom. The van der Waals surface area contributed by atoms with E-state index >= 15 is 0 Å². The Labute approximate surface area is 157 Å². The lowest BCUT2D eigenvalue weighted by Gasteiger charge is -2.08. The lowest BCUT2D eigenvalue weighted by Crippen LogP contribution is -2.22. The Morgan fingerprint density at radius 1 is 1.15 bits per heavy atom. The van der Waals surface area contributed by atoms with Crippen LogP contribution in [-0.4, -0.2) is 17.5 Å². The number of nitrogens with zero attached hydrogens (tertiary/aromatic N) is 1. The van der Waals surface area contributed by atoms with Gasteiger partial charge in [0.2, 0.25) is 0 Å². The molecule has 0 atom stereocenters. The highest BCUT2D eigenvalue weighted by molar-refractivity contribution is 7.13. The van der Waals surface area contributed by atoms with Gasteiger partial charge in [0.15, 0.2) is 0 Å². The van der Waals surface area contributed by atoms with Gasteiger partial charge in [0.25, 0.3) is 5.91 Å². The van der Waals surface area contributed by atoms with Gasteiger partial charge in [-0.15, -0.1) is 11.3 Å². The minimum atomic E-state index is -0.125. The molecular formula is C21H22N2O2S. The number of aromatic nitrogens is 1. The van der Waals surface area contributed by atoms with E-state index in [9.17, 15) is 4.79 Å². The van der Waals surface area contributed by atoms with Crippen LogP contribution in [-0.2, 0) is 6.54 Å². The van der Waals surface area contributed by atoms with Crippen molar-refractivity contribution in [2.45, 2.75) is 26.3 Å². The quantitative estimate of drug-likeness (QED) is 0.576. The van der Waals surface area contributed by atoms with Crippen LogP contribution >= 0.6 is 11.3 Å². The molecule has 0 unspecified atom stereocenters. The van der Waals surface area contributed by atoms with Crippen molar-refractivity contribution in [2.75, 3.05) is 6.61 Å². The third-order valence-electron chi connectivity index (χ3n) is 3.87. The molecule has 134 valence electrons. The van der Waals surface area contributed by atoms with E-state index in [0.717, 1.165) is 34.9 Å². The number of hydrogen-bond donors (Lipinski definition) is 1. The van der Waals surface area contributed by atoms with E-state index in [1.807, 2.05) is 47.8 Å². The summed E-state index contributed by atoms with van der Waals surface area (Å²) in [6.45, 7) is 3.20. The number of rotatable bonds is 8. The van der Waals surface area contributed by atoms with E-state index in [2.05, 4.69) is 17.2 Å². The first kappa shape index (κ1) is 18.1. The Morgan fingerprint density at radius 3 is 2.81 bits per heavy atom. The summed E-state index contributed by atoms with van der Waals surface area (Å²) >= 11 is 1.58. The predicted molar refractivity (Wildman–Crippen MR) is 106 cm³/mol. The number of hydrogen-bond acceptors (Lipinski definition) is 4. The van der Waals surface area contributed by atoms with Gasteiger partial charge < -0.3 is 10.1 Å². The average molecular weight is 366 g/mol. The Balaban J connectivity index is 1.57. The second kappa shape index (κ2) is 9.15. The summed E-state index contributed by atoms with van der Waals surface area (Å²) in [4.78, 5) is 17.0. The highest BCUT2D eigenvalue weighted by Gasteiger charge is 2.09. The number of carbonyl (C=O) groups is 1. The minimum absolute atomic E-state index is 0.125. The molecule has 1 N–H and O–H groups in total. The van der Waals surface area contributed by atoms with Gasteiger partial charge in [-0.2, -0.15) is 0 Å². The van der Waals surface area contributed by atoms with E-state index in [1.54, 1.807) is 23.5 Å². The van der Waals surface area contributed by atoms with Crippen LogP contribution in [0.25, 0.3) is 10.6 Å². The van der Waals surface area contributed by atoms with Gasteiger partial charge in [-0.3, -0.25) is 4.79 Å². The molecule has 0 bridgehead atoms. The smallest absolute Gasteiger partial charge is 0.251 e. The summed E-state index contributed by atoms with van der Waals surface area (Å²) in [6, 6.07) is 17.3. The van der Waals surface area contributed by atoms with Gasteiger partial charge in [0.05, 0.1) is 18.8 Å². The van der Waals surface area contributed by atoms with Crippen molar-refractivity contribution >= 4 is 17.2 Å². The van der Waals surface area contributed by atoms with Crippen LogP contribution in [0.3, 0.4) is 0 Å². The molecule has 0 spiro atoms. The summed E-state index contributed by atoms with van der Waals surface area (Å²) in [5.41, 5.74) is 2.54. The van der Waals surface area contributed by atoms with E-state index < -0.39 is 0 Å². The molecule has 3 aromatic rings. The lowest BCUT2D eigenvalue weighted by atomic mass is 10.2. The summed E-state index contributed by atoms with van der Waals surface area (Å²) < 4.78 is 5.66.